The quantitative estimate of drug-likeness (QED) is 0.770. The van der Waals surface area contributed by atoms with Gasteiger partial charge >= 0.3 is 0 Å². The van der Waals surface area contributed by atoms with Gasteiger partial charge in [-0.25, -0.2) is 0 Å². The van der Waals surface area contributed by atoms with Crippen molar-refractivity contribution in [2.75, 3.05) is 0 Å². The van der Waals surface area contributed by atoms with E-state index in [1.807, 2.05) is 38.1 Å². The normalized spacial score (nSPS) is 33.4. The van der Waals surface area contributed by atoms with E-state index in [9.17, 15) is 15.0 Å². The molecule has 4 atom stereocenters. The number of aryl methyl sites for hydroxylation is 1. The van der Waals surface area contributed by atoms with Crippen LogP contribution in [-0.2, 0) is 7.05 Å². The average molecular weight is 343 g/mol. The molecular weight excluding hydrogens is 318 g/mol. The Labute approximate surface area is 146 Å². The standard InChI is InChI=1S/C20H25NO4/c1-19(2)12-9-10-20(3,24)17(22)14(12)15-16(25-19)11-7-5-6-8-13(11)21(4)18(15)23/h5-8,12,14,17,22,24H,9-10H2,1-4H3/t12-,14-,17+,20-/m1/s1. The molecule has 0 saturated heterocycles. The smallest absolute Gasteiger partial charge is 0.258 e. The van der Waals surface area contributed by atoms with Crippen molar-refractivity contribution in [3.05, 3.63) is 40.2 Å². The summed E-state index contributed by atoms with van der Waals surface area (Å²) in [5, 5.41) is 22.5. The maximum Gasteiger partial charge on any atom is 0.258 e. The molecule has 5 nitrogen and oxygen atoms in total. The van der Waals surface area contributed by atoms with Gasteiger partial charge in [0.2, 0.25) is 0 Å². The van der Waals surface area contributed by atoms with Gasteiger partial charge in [0.1, 0.15) is 11.4 Å². The summed E-state index contributed by atoms with van der Waals surface area (Å²) in [6.07, 6.45) is 0.199. The zero-order valence-electron chi connectivity index (χ0n) is 15.1. The second-order valence-electron chi connectivity index (χ2n) is 8.30. The van der Waals surface area contributed by atoms with Gasteiger partial charge < -0.3 is 19.5 Å². The highest BCUT2D eigenvalue weighted by Gasteiger charge is 2.55. The van der Waals surface area contributed by atoms with E-state index in [0.717, 1.165) is 10.9 Å². The third-order valence-electron chi connectivity index (χ3n) is 6.25. The second kappa shape index (κ2) is 5.08. The van der Waals surface area contributed by atoms with E-state index in [1.165, 1.54) is 0 Å². The molecule has 1 aromatic carbocycles. The van der Waals surface area contributed by atoms with Gasteiger partial charge in [-0.2, -0.15) is 0 Å². The molecule has 1 aliphatic carbocycles. The summed E-state index contributed by atoms with van der Waals surface area (Å²) >= 11 is 0. The predicted molar refractivity (Wildman–Crippen MR) is 96.0 cm³/mol. The van der Waals surface area contributed by atoms with Crippen LogP contribution in [0.3, 0.4) is 0 Å². The third-order valence-corrected chi connectivity index (χ3v) is 6.25. The molecule has 0 spiro atoms. The van der Waals surface area contributed by atoms with Crippen molar-refractivity contribution in [3.8, 4) is 5.75 Å². The van der Waals surface area contributed by atoms with Gasteiger partial charge in [-0.3, -0.25) is 4.79 Å². The molecule has 1 saturated carbocycles. The molecule has 0 radical (unpaired) electrons. The number of hydrogen-bond donors (Lipinski definition) is 2. The number of aliphatic hydroxyl groups is 2. The van der Waals surface area contributed by atoms with E-state index in [1.54, 1.807) is 18.5 Å². The topological polar surface area (TPSA) is 71.7 Å². The molecule has 1 fully saturated rings. The molecular formula is C20H25NO4. The third kappa shape index (κ3) is 2.19. The van der Waals surface area contributed by atoms with Crippen LogP contribution >= 0.6 is 0 Å². The minimum atomic E-state index is -1.21. The summed E-state index contributed by atoms with van der Waals surface area (Å²) in [7, 11) is 1.74. The molecule has 2 aliphatic rings. The molecule has 4 rings (SSSR count). The number of ether oxygens (including phenoxy) is 1. The number of aromatic nitrogens is 1. The fourth-order valence-electron chi connectivity index (χ4n) is 4.75. The molecule has 0 bridgehead atoms. The molecule has 1 aromatic heterocycles. The average Bonchev–Trinajstić information content (AvgIpc) is 2.55. The molecule has 2 aromatic rings. The van der Waals surface area contributed by atoms with Crippen LogP contribution in [0.2, 0.25) is 0 Å². The Morgan fingerprint density at radius 3 is 2.64 bits per heavy atom. The second-order valence-corrected chi connectivity index (χ2v) is 8.30. The fourth-order valence-corrected chi connectivity index (χ4v) is 4.75. The number of nitrogens with zero attached hydrogens (tertiary/aromatic N) is 1. The summed E-state index contributed by atoms with van der Waals surface area (Å²) < 4.78 is 7.96. The van der Waals surface area contributed by atoms with Gasteiger partial charge in [-0.15, -0.1) is 0 Å². The molecule has 134 valence electrons. The van der Waals surface area contributed by atoms with Crippen molar-refractivity contribution in [1.82, 2.24) is 4.57 Å². The van der Waals surface area contributed by atoms with Gasteiger partial charge in [0, 0.05) is 24.3 Å². The molecule has 5 heteroatoms. The molecule has 0 amide bonds. The minimum absolute atomic E-state index is 0.0240. The summed E-state index contributed by atoms with van der Waals surface area (Å²) in [5.41, 5.74) is -0.584. The van der Waals surface area contributed by atoms with E-state index < -0.39 is 23.2 Å². The van der Waals surface area contributed by atoms with Crippen LogP contribution in [0.25, 0.3) is 10.9 Å². The monoisotopic (exact) mass is 343 g/mol. The van der Waals surface area contributed by atoms with Crippen LogP contribution in [0.1, 0.15) is 45.1 Å². The summed E-state index contributed by atoms with van der Waals surface area (Å²) in [4.78, 5) is 13.1. The SMILES string of the molecule is Cn1c(=O)c2c(c3ccccc31)OC(C)(C)[C@@H]1CC[C@@](C)(O)[C@@H](O)[C@@H]21. The lowest BCUT2D eigenvalue weighted by atomic mass is 9.61. The van der Waals surface area contributed by atoms with Crippen LogP contribution in [-0.4, -0.2) is 32.1 Å². The fraction of sp³-hybridized carbons (Fsp3) is 0.550. The lowest BCUT2D eigenvalue weighted by Crippen LogP contribution is -2.58. The highest BCUT2D eigenvalue weighted by molar-refractivity contribution is 5.87. The number of rotatable bonds is 0. The van der Waals surface area contributed by atoms with Crippen LogP contribution in [0.5, 0.6) is 5.75 Å². The van der Waals surface area contributed by atoms with E-state index in [-0.39, 0.29) is 11.5 Å². The number of benzene rings is 1. The Morgan fingerprint density at radius 2 is 1.92 bits per heavy atom. The molecule has 2 N–H and O–H groups in total. The number of pyridine rings is 1. The zero-order valence-corrected chi connectivity index (χ0v) is 15.1. The maximum atomic E-state index is 13.1. The van der Waals surface area contributed by atoms with E-state index in [2.05, 4.69) is 0 Å². The van der Waals surface area contributed by atoms with Gasteiger partial charge in [0.05, 0.1) is 22.8 Å². The van der Waals surface area contributed by atoms with Gasteiger partial charge in [0.15, 0.2) is 0 Å². The minimum Gasteiger partial charge on any atom is -0.486 e. The summed E-state index contributed by atoms with van der Waals surface area (Å²) in [5.74, 6) is 0.0941. The van der Waals surface area contributed by atoms with Crippen molar-refractivity contribution in [3.63, 3.8) is 0 Å². The largest absolute Gasteiger partial charge is 0.486 e. The van der Waals surface area contributed by atoms with Gasteiger partial charge in [0.25, 0.3) is 5.56 Å². The van der Waals surface area contributed by atoms with E-state index in [0.29, 0.717) is 24.2 Å². The first-order valence-electron chi connectivity index (χ1n) is 8.86. The molecule has 0 unspecified atom stereocenters. The van der Waals surface area contributed by atoms with Crippen LogP contribution < -0.4 is 10.3 Å². The van der Waals surface area contributed by atoms with E-state index >= 15 is 0 Å². The molecule has 25 heavy (non-hydrogen) atoms. The predicted octanol–water partition coefficient (Wildman–Crippen LogP) is 2.32. The summed E-state index contributed by atoms with van der Waals surface area (Å²) in [6, 6.07) is 7.65. The highest BCUT2D eigenvalue weighted by Crippen LogP contribution is 2.54. The molecule has 2 heterocycles. The van der Waals surface area contributed by atoms with Crippen molar-refractivity contribution >= 4 is 10.9 Å². The van der Waals surface area contributed by atoms with Gasteiger partial charge in [-0.05, 0) is 45.7 Å². The Balaban J connectivity index is 2.08. The van der Waals surface area contributed by atoms with Crippen molar-refractivity contribution in [2.45, 2.75) is 56.8 Å². The maximum absolute atomic E-state index is 13.1. The van der Waals surface area contributed by atoms with Crippen LogP contribution in [0.4, 0.5) is 0 Å². The van der Waals surface area contributed by atoms with Crippen molar-refractivity contribution in [2.24, 2.45) is 13.0 Å². The number of fused-ring (bicyclic) bond motifs is 5. The Morgan fingerprint density at radius 1 is 1.24 bits per heavy atom. The molecule has 1 aliphatic heterocycles. The lowest BCUT2D eigenvalue weighted by molar-refractivity contribution is -0.143. The lowest BCUT2D eigenvalue weighted by Gasteiger charge is -2.52. The first kappa shape index (κ1) is 16.6. The number of hydrogen-bond acceptors (Lipinski definition) is 4. The number of para-hydroxylation sites is 1. The van der Waals surface area contributed by atoms with Crippen molar-refractivity contribution in [1.29, 1.82) is 0 Å². The Kier molecular flexibility index (Phi) is 3.38. The summed E-state index contributed by atoms with van der Waals surface area (Å²) in [6.45, 7) is 5.67. The van der Waals surface area contributed by atoms with Gasteiger partial charge in [-0.1, -0.05) is 12.1 Å². The zero-order chi connectivity index (χ0) is 18.1. The van der Waals surface area contributed by atoms with Crippen molar-refractivity contribution < 1.29 is 14.9 Å². The first-order chi connectivity index (χ1) is 11.6. The number of aliphatic hydroxyl groups excluding tert-OH is 1. The van der Waals surface area contributed by atoms with E-state index in [4.69, 9.17) is 4.74 Å². The first-order valence-corrected chi connectivity index (χ1v) is 8.86. The van der Waals surface area contributed by atoms with Crippen LogP contribution in [0, 0.1) is 5.92 Å². The highest BCUT2D eigenvalue weighted by atomic mass is 16.5. The Bertz CT molecular complexity index is 912. The Hall–Kier alpha value is -1.85. The van der Waals surface area contributed by atoms with Crippen LogP contribution in [0.15, 0.2) is 29.1 Å².